The maximum atomic E-state index is 11.3. The third-order valence-corrected chi connectivity index (χ3v) is 2.46. The Morgan fingerprint density at radius 3 is 3.19 bits per heavy atom. The highest BCUT2D eigenvalue weighted by Crippen LogP contribution is 2.36. The smallest absolute Gasteiger partial charge is 0.306 e. The van der Waals surface area contributed by atoms with Crippen LogP contribution in [0, 0.1) is 0 Å². The Bertz CT molecular complexity index is 400. The van der Waals surface area contributed by atoms with Crippen LogP contribution in [0.4, 0.5) is 0 Å². The van der Waals surface area contributed by atoms with Crippen LogP contribution < -0.4 is 4.74 Å². The van der Waals surface area contributed by atoms with Crippen molar-refractivity contribution in [2.45, 2.75) is 25.9 Å². The van der Waals surface area contributed by atoms with Crippen LogP contribution in [-0.2, 0) is 9.53 Å². The number of carbonyl (C=O) groups excluding carboxylic acids is 1. The van der Waals surface area contributed by atoms with Crippen LogP contribution in [0.2, 0.25) is 0 Å². The summed E-state index contributed by atoms with van der Waals surface area (Å²) < 4.78 is 10.6. The van der Waals surface area contributed by atoms with Gasteiger partial charge in [-0.25, -0.2) is 0 Å². The molecule has 1 unspecified atom stereocenters. The molecule has 4 nitrogen and oxygen atoms in total. The van der Waals surface area contributed by atoms with E-state index in [2.05, 4.69) is 0 Å². The maximum Gasteiger partial charge on any atom is 0.306 e. The first-order chi connectivity index (χ1) is 7.70. The quantitative estimate of drug-likeness (QED) is 0.796. The lowest BCUT2D eigenvalue weighted by molar-refractivity contribution is -0.149. The summed E-state index contributed by atoms with van der Waals surface area (Å²) in [5, 5.41) is 9.26. The van der Waals surface area contributed by atoms with Crippen LogP contribution >= 0.6 is 0 Å². The molecule has 0 fully saturated rings. The molecule has 1 aliphatic rings. The van der Waals surface area contributed by atoms with Gasteiger partial charge in [-0.3, -0.25) is 4.79 Å². The molecule has 1 N–H and O–H groups in total. The number of phenolic OH excluding ortho intramolecular Hbond substituents is 1. The van der Waals surface area contributed by atoms with Gasteiger partial charge in [-0.2, -0.15) is 0 Å². The van der Waals surface area contributed by atoms with Gasteiger partial charge in [0.15, 0.2) is 6.10 Å². The first-order valence-corrected chi connectivity index (χ1v) is 5.36. The normalized spacial score (nSPS) is 17.7. The van der Waals surface area contributed by atoms with Crippen molar-refractivity contribution in [1.82, 2.24) is 0 Å². The number of ether oxygens (including phenoxy) is 2. The van der Waals surface area contributed by atoms with E-state index in [0.717, 1.165) is 12.0 Å². The Kier molecular flexibility index (Phi) is 2.99. The molecule has 0 aromatic heterocycles. The van der Waals surface area contributed by atoms with Gasteiger partial charge < -0.3 is 14.6 Å². The zero-order valence-electron chi connectivity index (χ0n) is 9.10. The Hall–Kier alpha value is -1.71. The Morgan fingerprint density at radius 1 is 1.62 bits per heavy atom. The van der Waals surface area contributed by atoms with Crippen molar-refractivity contribution in [3.8, 4) is 11.5 Å². The van der Waals surface area contributed by atoms with E-state index in [1.54, 1.807) is 12.1 Å². The highest BCUT2D eigenvalue weighted by molar-refractivity contribution is 5.70. The minimum absolute atomic E-state index is 0.152. The van der Waals surface area contributed by atoms with E-state index in [0.29, 0.717) is 18.8 Å². The number of esters is 1. The van der Waals surface area contributed by atoms with Crippen molar-refractivity contribution in [2.24, 2.45) is 0 Å². The molecule has 2 rings (SSSR count). The van der Waals surface area contributed by atoms with Crippen LogP contribution in [0.3, 0.4) is 0 Å². The summed E-state index contributed by atoms with van der Waals surface area (Å²) in [6.45, 7) is 2.26. The van der Waals surface area contributed by atoms with Crippen molar-refractivity contribution in [3.05, 3.63) is 23.8 Å². The largest absolute Gasteiger partial charge is 0.508 e. The minimum Gasteiger partial charge on any atom is -0.508 e. The summed E-state index contributed by atoms with van der Waals surface area (Å²) in [5.41, 5.74) is 0.822. The lowest BCUT2D eigenvalue weighted by Gasteiger charge is -2.10. The van der Waals surface area contributed by atoms with Gasteiger partial charge in [0.05, 0.1) is 0 Å². The van der Waals surface area contributed by atoms with E-state index in [1.807, 2.05) is 6.92 Å². The van der Waals surface area contributed by atoms with Crippen LogP contribution in [0.5, 0.6) is 11.5 Å². The SMILES string of the molecule is CCCC(=O)OC1COc2cc(O)ccc21. The molecule has 0 saturated carbocycles. The second-order valence-corrected chi connectivity index (χ2v) is 3.76. The van der Waals surface area contributed by atoms with Gasteiger partial charge in [0, 0.05) is 18.1 Å². The Morgan fingerprint density at radius 2 is 2.44 bits per heavy atom. The van der Waals surface area contributed by atoms with Gasteiger partial charge >= 0.3 is 5.97 Å². The molecular weight excluding hydrogens is 208 g/mol. The number of aromatic hydroxyl groups is 1. The molecule has 0 aliphatic carbocycles. The van der Waals surface area contributed by atoms with E-state index in [4.69, 9.17) is 9.47 Å². The van der Waals surface area contributed by atoms with Crippen LogP contribution in [0.25, 0.3) is 0 Å². The lowest BCUT2D eigenvalue weighted by Crippen LogP contribution is -2.12. The molecule has 1 heterocycles. The fourth-order valence-corrected chi connectivity index (χ4v) is 1.69. The number of hydrogen-bond acceptors (Lipinski definition) is 4. The zero-order chi connectivity index (χ0) is 11.5. The Balaban J connectivity index is 2.09. The molecule has 4 heteroatoms. The van der Waals surface area contributed by atoms with Gasteiger partial charge in [-0.15, -0.1) is 0 Å². The average Bonchev–Trinajstić information content (AvgIpc) is 2.61. The fourth-order valence-electron chi connectivity index (χ4n) is 1.69. The fraction of sp³-hybridized carbons (Fsp3) is 0.417. The van der Waals surface area contributed by atoms with Gasteiger partial charge in [0.1, 0.15) is 18.1 Å². The molecule has 0 spiro atoms. The molecule has 1 aliphatic heterocycles. The molecule has 0 amide bonds. The van der Waals surface area contributed by atoms with E-state index in [-0.39, 0.29) is 17.8 Å². The average molecular weight is 222 g/mol. The standard InChI is InChI=1S/C12H14O4/c1-2-3-12(14)16-11-7-15-10-6-8(13)4-5-9(10)11/h4-6,11,13H,2-3,7H2,1H3. The molecule has 0 radical (unpaired) electrons. The van der Waals surface area contributed by atoms with Crippen molar-refractivity contribution >= 4 is 5.97 Å². The summed E-state index contributed by atoms with van der Waals surface area (Å²) >= 11 is 0. The van der Waals surface area contributed by atoms with Crippen molar-refractivity contribution in [3.63, 3.8) is 0 Å². The van der Waals surface area contributed by atoms with E-state index in [9.17, 15) is 9.90 Å². The van der Waals surface area contributed by atoms with E-state index >= 15 is 0 Å². The molecule has 1 aromatic rings. The van der Waals surface area contributed by atoms with Gasteiger partial charge in [0.2, 0.25) is 0 Å². The number of carbonyl (C=O) groups is 1. The van der Waals surface area contributed by atoms with Crippen molar-refractivity contribution < 1.29 is 19.4 Å². The first kappa shape index (κ1) is 10.8. The lowest BCUT2D eigenvalue weighted by atomic mass is 10.1. The predicted octanol–water partition coefficient (Wildman–Crippen LogP) is 2.17. The van der Waals surface area contributed by atoms with Crippen molar-refractivity contribution in [1.29, 1.82) is 0 Å². The number of benzene rings is 1. The zero-order valence-corrected chi connectivity index (χ0v) is 9.10. The number of hydrogen-bond donors (Lipinski definition) is 1. The van der Waals surface area contributed by atoms with Gasteiger partial charge in [-0.05, 0) is 18.6 Å². The van der Waals surface area contributed by atoms with Gasteiger partial charge in [-0.1, -0.05) is 6.92 Å². The molecule has 0 saturated heterocycles. The van der Waals surface area contributed by atoms with E-state index < -0.39 is 0 Å². The summed E-state index contributed by atoms with van der Waals surface area (Å²) in [7, 11) is 0. The van der Waals surface area contributed by atoms with Crippen molar-refractivity contribution in [2.75, 3.05) is 6.61 Å². The Labute approximate surface area is 93.8 Å². The molecule has 0 bridgehead atoms. The third kappa shape index (κ3) is 2.10. The number of fused-ring (bicyclic) bond motifs is 1. The summed E-state index contributed by atoms with van der Waals surface area (Å²) in [5.74, 6) is 0.533. The van der Waals surface area contributed by atoms with E-state index in [1.165, 1.54) is 6.07 Å². The highest BCUT2D eigenvalue weighted by atomic mass is 16.6. The second kappa shape index (κ2) is 4.43. The summed E-state index contributed by atoms with van der Waals surface area (Å²) in [6, 6.07) is 4.82. The molecule has 86 valence electrons. The summed E-state index contributed by atoms with van der Waals surface area (Å²) in [4.78, 5) is 11.3. The topological polar surface area (TPSA) is 55.8 Å². The third-order valence-electron chi connectivity index (χ3n) is 2.46. The monoisotopic (exact) mass is 222 g/mol. The maximum absolute atomic E-state index is 11.3. The summed E-state index contributed by atoms with van der Waals surface area (Å²) in [6.07, 6.45) is 0.855. The second-order valence-electron chi connectivity index (χ2n) is 3.76. The van der Waals surface area contributed by atoms with Crippen LogP contribution in [-0.4, -0.2) is 17.7 Å². The molecule has 1 atom stereocenters. The van der Waals surface area contributed by atoms with Crippen LogP contribution in [0.15, 0.2) is 18.2 Å². The number of rotatable bonds is 3. The van der Waals surface area contributed by atoms with Gasteiger partial charge in [0.25, 0.3) is 0 Å². The molecule has 16 heavy (non-hydrogen) atoms. The van der Waals surface area contributed by atoms with Crippen LogP contribution in [0.1, 0.15) is 31.4 Å². The predicted molar refractivity (Wildman–Crippen MR) is 57.3 cm³/mol. The molecular formula is C12H14O4. The minimum atomic E-state index is -0.338. The number of phenols is 1. The first-order valence-electron chi connectivity index (χ1n) is 5.36. The molecule has 1 aromatic carbocycles. The highest BCUT2D eigenvalue weighted by Gasteiger charge is 2.27.